The van der Waals surface area contributed by atoms with E-state index in [1.807, 2.05) is 18.2 Å². The summed E-state index contributed by atoms with van der Waals surface area (Å²) in [5.74, 6) is 3.09. The van der Waals surface area contributed by atoms with Crippen molar-refractivity contribution < 1.29 is 14.3 Å². The van der Waals surface area contributed by atoms with Crippen LogP contribution in [0.2, 0.25) is 0 Å². The van der Waals surface area contributed by atoms with Gasteiger partial charge in [-0.05, 0) is 24.5 Å². The van der Waals surface area contributed by atoms with Gasteiger partial charge in [-0.25, -0.2) is 0 Å². The molecule has 2 aromatic rings. The summed E-state index contributed by atoms with van der Waals surface area (Å²) in [5.41, 5.74) is 1.00. The van der Waals surface area contributed by atoms with Crippen LogP contribution in [0.4, 0.5) is 0 Å². The average Bonchev–Trinajstić information content (AvgIpc) is 3.22. The van der Waals surface area contributed by atoms with Crippen LogP contribution in [0, 0.1) is 5.92 Å². The van der Waals surface area contributed by atoms with E-state index in [-0.39, 0.29) is 11.8 Å². The molecule has 3 heterocycles. The van der Waals surface area contributed by atoms with Crippen LogP contribution in [0.25, 0.3) is 0 Å². The van der Waals surface area contributed by atoms with E-state index < -0.39 is 0 Å². The van der Waals surface area contributed by atoms with Crippen LogP contribution in [0.1, 0.15) is 23.6 Å². The maximum Gasteiger partial charge on any atom is 0.227 e. The second-order valence-corrected chi connectivity index (χ2v) is 6.17. The number of hydrogen-bond acceptors (Lipinski definition) is 5. The van der Waals surface area contributed by atoms with Crippen molar-refractivity contribution in [2.24, 2.45) is 5.92 Å². The molecule has 7 nitrogen and oxygen atoms in total. The molecule has 0 radical (unpaired) electrons. The normalized spacial score (nSPS) is 18.5. The van der Waals surface area contributed by atoms with Crippen molar-refractivity contribution in [1.82, 2.24) is 20.1 Å². The summed E-state index contributed by atoms with van der Waals surface area (Å²) in [4.78, 5) is 12.5. The second kappa shape index (κ2) is 6.14. The van der Waals surface area contributed by atoms with Crippen LogP contribution >= 0.6 is 0 Å². The fourth-order valence-electron chi connectivity index (χ4n) is 3.38. The Balaban J connectivity index is 1.40. The number of carbonyl (C=O) groups excluding carboxylic acids is 1. The number of benzene rings is 1. The second-order valence-electron chi connectivity index (χ2n) is 6.17. The van der Waals surface area contributed by atoms with Gasteiger partial charge in [-0.2, -0.15) is 0 Å². The fourth-order valence-corrected chi connectivity index (χ4v) is 3.38. The van der Waals surface area contributed by atoms with E-state index in [9.17, 15) is 4.79 Å². The maximum atomic E-state index is 12.5. The molecule has 1 aromatic heterocycles. The molecule has 1 N–H and O–H groups in total. The standard InChI is InChI=1S/C17H20N4O3/c1-23-13-5-2-4-11-8-12(10-24-16(11)13)17(22)18-9-15-20-19-14-6-3-7-21(14)15/h2,4-5,12H,3,6-10H2,1H3,(H,18,22). The molecule has 0 bridgehead atoms. The predicted octanol–water partition coefficient (Wildman–Crippen LogP) is 1.10. The first-order valence-corrected chi connectivity index (χ1v) is 8.23. The number of carbonyl (C=O) groups is 1. The molecule has 1 atom stereocenters. The van der Waals surface area contributed by atoms with E-state index in [4.69, 9.17) is 9.47 Å². The highest BCUT2D eigenvalue weighted by atomic mass is 16.5. The smallest absolute Gasteiger partial charge is 0.227 e. The first kappa shape index (κ1) is 15.0. The highest BCUT2D eigenvalue weighted by Crippen LogP contribution is 2.36. The first-order chi connectivity index (χ1) is 11.8. The lowest BCUT2D eigenvalue weighted by molar-refractivity contribution is -0.126. The molecular formula is C17H20N4O3. The average molecular weight is 328 g/mol. The minimum absolute atomic E-state index is 0.0150. The van der Waals surface area contributed by atoms with Crippen molar-refractivity contribution >= 4 is 5.91 Å². The van der Waals surface area contributed by atoms with E-state index in [0.29, 0.717) is 25.3 Å². The third-order valence-electron chi connectivity index (χ3n) is 4.65. The third kappa shape index (κ3) is 2.60. The van der Waals surface area contributed by atoms with E-state index in [1.54, 1.807) is 7.11 Å². The molecule has 0 saturated heterocycles. The van der Waals surface area contributed by atoms with Gasteiger partial charge in [-0.3, -0.25) is 4.79 Å². The number of rotatable bonds is 4. The first-order valence-electron chi connectivity index (χ1n) is 8.23. The van der Waals surface area contributed by atoms with Crippen LogP contribution in [-0.4, -0.2) is 34.4 Å². The van der Waals surface area contributed by atoms with Crippen LogP contribution in [0.15, 0.2) is 18.2 Å². The highest BCUT2D eigenvalue weighted by Gasteiger charge is 2.28. The van der Waals surface area contributed by atoms with Crippen LogP contribution < -0.4 is 14.8 Å². The zero-order valence-corrected chi connectivity index (χ0v) is 13.6. The summed E-state index contributed by atoms with van der Waals surface area (Å²) in [6.07, 6.45) is 2.72. The summed E-state index contributed by atoms with van der Waals surface area (Å²) in [5, 5.41) is 11.3. The van der Waals surface area contributed by atoms with Crippen molar-refractivity contribution in [2.75, 3.05) is 13.7 Å². The Hall–Kier alpha value is -2.57. The number of aryl methyl sites for hydroxylation is 1. The Kier molecular flexibility index (Phi) is 3.84. The van der Waals surface area contributed by atoms with Gasteiger partial charge in [0, 0.05) is 13.0 Å². The molecule has 0 saturated carbocycles. The van der Waals surface area contributed by atoms with Crippen LogP contribution in [0.5, 0.6) is 11.5 Å². The molecule has 4 rings (SSSR count). The Morgan fingerprint density at radius 1 is 1.46 bits per heavy atom. The molecule has 2 aliphatic rings. The van der Waals surface area contributed by atoms with Crippen LogP contribution in [0.3, 0.4) is 0 Å². The van der Waals surface area contributed by atoms with Crippen molar-refractivity contribution in [2.45, 2.75) is 32.4 Å². The molecular weight excluding hydrogens is 308 g/mol. The summed E-state index contributed by atoms with van der Waals surface area (Å²) >= 11 is 0. The number of ether oxygens (including phenoxy) is 2. The lowest BCUT2D eigenvalue weighted by atomic mass is 9.95. The quantitative estimate of drug-likeness (QED) is 0.909. The van der Waals surface area contributed by atoms with Crippen LogP contribution in [-0.2, 0) is 30.7 Å². The molecule has 1 amide bonds. The number of methoxy groups -OCH3 is 1. The summed E-state index contributed by atoms with van der Waals surface area (Å²) in [7, 11) is 1.62. The Labute approximate surface area is 140 Å². The van der Waals surface area contributed by atoms with E-state index in [2.05, 4.69) is 20.1 Å². The largest absolute Gasteiger partial charge is 0.493 e. The molecule has 2 aliphatic heterocycles. The summed E-state index contributed by atoms with van der Waals surface area (Å²) < 4.78 is 13.2. The number of aromatic nitrogens is 3. The SMILES string of the molecule is COc1cccc2c1OCC(C(=O)NCc1nnc3n1CCC3)C2. The van der Waals surface area contributed by atoms with Crippen molar-refractivity contribution in [3.8, 4) is 11.5 Å². The molecule has 1 unspecified atom stereocenters. The minimum atomic E-state index is -0.203. The zero-order chi connectivity index (χ0) is 16.5. The maximum absolute atomic E-state index is 12.5. The lowest BCUT2D eigenvalue weighted by Crippen LogP contribution is -2.37. The summed E-state index contributed by atoms with van der Waals surface area (Å²) in [6.45, 7) is 1.71. The van der Waals surface area contributed by atoms with E-state index >= 15 is 0 Å². The van der Waals surface area contributed by atoms with E-state index in [0.717, 1.165) is 42.3 Å². The Bertz CT molecular complexity index is 771. The van der Waals surface area contributed by atoms with Gasteiger partial charge >= 0.3 is 0 Å². The van der Waals surface area contributed by atoms with Gasteiger partial charge in [0.15, 0.2) is 17.3 Å². The van der Waals surface area contributed by atoms with Gasteiger partial charge in [-0.15, -0.1) is 10.2 Å². The van der Waals surface area contributed by atoms with Gasteiger partial charge in [0.1, 0.15) is 12.4 Å². The van der Waals surface area contributed by atoms with E-state index in [1.165, 1.54) is 0 Å². The Morgan fingerprint density at radius 2 is 2.38 bits per heavy atom. The predicted molar refractivity (Wildman–Crippen MR) is 85.9 cm³/mol. The van der Waals surface area contributed by atoms with Gasteiger partial charge in [-0.1, -0.05) is 12.1 Å². The van der Waals surface area contributed by atoms with Gasteiger partial charge < -0.3 is 19.4 Å². The fraction of sp³-hybridized carbons (Fsp3) is 0.471. The number of amides is 1. The number of fused-ring (bicyclic) bond motifs is 2. The molecule has 0 spiro atoms. The Morgan fingerprint density at radius 3 is 3.25 bits per heavy atom. The molecule has 24 heavy (non-hydrogen) atoms. The van der Waals surface area contributed by atoms with Crippen molar-refractivity contribution in [1.29, 1.82) is 0 Å². The van der Waals surface area contributed by atoms with Gasteiger partial charge in [0.05, 0.1) is 19.6 Å². The molecule has 7 heteroatoms. The molecule has 0 fully saturated rings. The lowest BCUT2D eigenvalue weighted by Gasteiger charge is -2.25. The number of nitrogens with zero attached hydrogens (tertiary/aromatic N) is 3. The summed E-state index contributed by atoms with van der Waals surface area (Å²) in [6, 6.07) is 5.76. The van der Waals surface area contributed by atoms with Crippen molar-refractivity contribution in [3.63, 3.8) is 0 Å². The van der Waals surface area contributed by atoms with Gasteiger partial charge in [0.25, 0.3) is 0 Å². The monoisotopic (exact) mass is 328 g/mol. The third-order valence-corrected chi connectivity index (χ3v) is 4.65. The van der Waals surface area contributed by atoms with Gasteiger partial charge in [0.2, 0.25) is 5.91 Å². The molecule has 1 aromatic carbocycles. The number of para-hydroxylation sites is 1. The van der Waals surface area contributed by atoms with Crippen molar-refractivity contribution in [3.05, 3.63) is 35.4 Å². The molecule has 0 aliphatic carbocycles. The zero-order valence-electron chi connectivity index (χ0n) is 13.6. The number of nitrogens with one attached hydrogen (secondary N) is 1. The number of hydrogen-bond donors (Lipinski definition) is 1. The minimum Gasteiger partial charge on any atom is -0.493 e. The highest BCUT2D eigenvalue weighted by molar-refractivity contribution is 5.79. The topological polar surface area (TPSA) is 78.3 Å². The molecule has 126 valence electrons.